The minimum atomic E-state index is -0.103. The van der Waals surface area contributed by atoms with E-state index in [0.29, 0.717) is 5.92 Å². The van der Waals surface area contributed by atoms with Crippen LogP contribution in [0.5, 0.6) is 0 Å². The van der Waals surface area contributed by atoms with Crippen LogP contribution in [0, 0.1) is 0 Å². The third-order valence-electron chi connectivity index (χ3n) is 4.46. The molecule has 0 bridgehead atoms. The van der Waals surface area contributed by atoms with E-state index in [2.05, 4.69) is 34.5 Å². The number of hydrogen-bond donors (Lipinski definition) is 1. The zero-order valence-corrected chi connectivity index (χ0v) is 12.9. The summed E-state index contributed by atoms with van der Waals surface area (Å²) in [7, 11) is 0. The van der Waals surface area contributed by atoms with Gasteiger partial charge in [-0.25, -0.2) is 0 Å². The second-order valence-corrected chi connectivity index (χ2v) is 5.92. The molecule has 3 nitrogen and oxygen atoms in total. The molecule has 1 saturated heterocycles. The van der Waals surface area contributed by atoms with E-state index in [1.54, 1.807) is 0 Å². The van der Waals surface area contributed by atoms with Gasteiger partial charge >= 0.3 is 0 Å². The van der Waals surface area contributed by atoms with E-state index in [4.69, 9.17) is 0 Å². The molecular formula is C19H22N2O. The maximum Gasteiger partial charge on any atom is 0.241 e. The van der Waals surface area contributed by atoms with Gasteiger partial charge in [-0.1, -0.05) is 48.5 Å². The first-order valence-electron chi connectivity index (χ1n) is 7.89. The lowest BCUT2D eigenvalue weighted by Gasteiger charge is -2.23. The number of nitrogens with one attached hydrogen (secondary N) is 1. The first-order valence-corrected chi connectivity index (χ1v) is 7.89. The van der Waals surface area contributed by atoms with Crippen LogP contribution in [0.4, 0.5) is 5.69 Å². The molecule has 0 radical (unpaired) electrons. The normalized spacial score (nSPS) is 19.8. The second-order valence-electron chi connectivity index (χ2n) is 5.92. The molecule has 1 aliphatic heterocycles. The molecule has 1 fully saturated rings. The Morgan fingerprint density at radius 2 is 1.73 bits per heavy atom. The van der Waals surface area contributed by atoms with Gasteiger partial charge in [0, 0.05) is 12.2 Å². The van der Waals surface area contributed by atoms with E-state index in [9.17, 15) is 4.79 Å². The van der Waals surface area contributed by atoms with E-state index in [1.165, 1.54) is 5.56 Å². The second kappa shape index (κ2) is 6.75. The van der Waals surface area contributed by atoms with Gasteiger partial charge in [-0.15, -0.1) is 0 Å². The van der Waals surface area contributed by atoms with Gasteiger partial charge in [-0.05, 0) is 43.5 Å². The van der Waals surface area contributed by atoms with Crippen LogP contribution in [-0.2, 0) is 4.79 Å². The van der Waals surface area contributed by atoms with Gasteiger partial charge in [-0.3, -0.25) is 9.69 Å². The van der Waals surface area contributed by atoms with Gasteiger partial charge in [-0.2, -0.15) is 0 Å². The summed E-state index contributed by atoms with van der Waals surface area (Å²) in [6, 6.07) is 20.1. The van der Waals surface area contributed by atoms with Crippen molar-refractivity contribution >= 4 is 11.6 Å². The SMILES string of the molecule is C[C@H](C(=O)Nc1ccccc1)N1CC[C@@H](c2ccccc2)C1. The maximum absolute atomic E-state index is 12.4. The number of carbonyl (C=O) groups excluding carboxylic acids is 1. The number of amides is 1. The van der Waals surface area contributed by atoms with E-state index < -0.39 is 0 Å². The van der Waals surface area contributed by atoms with Crippen LogP contribution in [-0.4, -0.2) is 29.9 Å². The third kappa shape index (κ3) is 3.37. The van der Waals surface area contributed by atoms with E-state index in [1.807, 2.05) is 43.3 Å². The van der Waals surface area contributed by atoms with E-state index >= 15 is 0 Å². The van der Waals surface area contributed by atoms with Crippen LogP contribution in [0.3, 0.4) is 0 Å². The van der Waals surface area contributed by atoms with Crippen molar-refractivity contribution in [2.45, 2.75) is 25.3 Å². The molecule has 1 aliphatic rings. The van der Waals surface area contributed by atoms with Crippen LogP contribution >= 0.6 is 0 Å². The number of anilines is 1. The van der Waals surface area contributed by atoms with Crippen LogP contribution in [0.25, 0.3) is 0 Å². The number of para-hydroxylation sites is 1. The van der Waals surface area contributed by atoms with E-state index in [0.717, 1.165) is 25.2 Å². The zero-order valence-electron chi connectivity index (χ0n) is 12.9. The van der Waals surface area contributed by atoms with Gasteiger partial charge in [0.2, 0.25) is 5.91 Å². The quantitative estimate of drug-likeness (QED) is 0.936. The first-order chi connectivity index (χ1) is 10.7. The van der Waals surface area contributed by atoms with E-state index in [-0.39, 0.29) is 11.9 Å². The fourth-order valence-corrected chi connectivity index (χ4v) is 3.07. The van der Waals surface area contributed by atoms with Crippen molar-refractivity contribution in [3.8, 4) is 0 Å². The molecule has 114 valence electrons. The summed E-state index contributed by atoms with van der Waals surface area (Å²) in [5.74, 6) is 0.605. The zero-order chi connectivity index (χ0) is 15.4. The lowest BCUT2D eigenvalue weighted by molar-refractivity contribution is -0.120. The summed E-state index contributed by atoms with van der Waals surface area (Å²) < 4.78 is 0. The molecular weight excluding hydrogens is 272 g/mol. The number of hydrogen-bond acceptors (Lipinski definition) is 2. The van der Waals surface area contributed by atoms with Crippen molar-refractivity contribution < 1.29 is 4.79 Å². The molecule has 1 heterocycles. The predicted octanol–water partition coefficient (Wildman–Crippen LogP) is 3.50. The largest absolute Gasteiger partial charge is 0.325 e. The van der Waals surface area contributed by atoms with Crippen molar-refractivity contribution in [1.29, 1.82) is 0 Å². The number of carbonyl (C=O) groups is 1. The highest BCUT2D eigenvalue weighted by molar-refractivity contribution is 5.94. The van der Waals surface area contributed by atoms with Crippen molar-refractivity contribution in [3.05, 3.63) is 66.2 Å². The number of nitrogens with zero attached hydrogens (tertiary/aromatic N) is 1. The third-order valence-corrected chi connectivity index (χ3v) is 4.46. The average molecular weight is 294 g/mol. The van der Waals surface area contributed by atoms with Crippen LogP contribution in [0.2, 0.25) is 0 Å². The minimum Gasteiger partial charge on any atom is -0.325 e. The number of likely N-dealkylation sites (tertiary alicyclic amines) is 1. The molecule has 3 heteroatoms. The molecule has 0 aliphatic carbocycles. The molecule has 2 aromatic carbocycles. The Hall–Kier alpha value is -2.13. The van der Waals surface area contributed by atoms with Crippen molar-refractivity contribution in [2.75, 3.05) is 18.4 Å². The molecule has 22 heavy (non-hydrogen) atoms. The van der Waals surface area contributed by atoms with Crippen LogP contribution in [0.1, 0.15) is 24.8 Å². The molecule has 2 aromatic rings. The molecule has 0 saturated carbocycles. The van der Waals surface area contributed by atoms with Crippen LogP contribution < -0.4 is 5.32 Å². The summed E-state index contributed by atoms with van der Waals surface area (Å²) in [5, 5.41) is 2.99. The number of rotatable bonds is 4. The molecule has 2 atom stereocenters. The highest BCUT2D eigenvalue weighted by atomic mass is 16.2. The molecule has 1 N–H and O–H groups in total. The standard InChI is InChI=1S/C19H22N2O/c1-15(19(22)20-18-10-6-3-7-11-18)21-13-12-17(14-21)16-8-4-2-5-9-16/h2-11,15,17H,12-14H2,1H3,(H,20,22)/t15-,17-/m1/s1. The Morgan fingerprint density at radius 3 is 2.41 bits per heavy atom. The summed E-state index contributed by atoms with van der Waals surface area (Å²) in [4.78, 5) is 14.7. The average Bonchev–Trinajstić information content (AvgIpc) is 3.06. The molecule has 1 amide bonds. The van der Waals surface area contributed by atoms with Crippen molar-refractivity contribution in [2.24, 2.45) is 0 Å². The Labute approximate surface area is 132 Å². The van der Waals surface area contributed by atoms with Crippen molar-refractivity contribution in [1.82, 2.24) is 4.90 Å². The summed E-state index contributed by atoms with van der Waals surface area (Å²) in [6.45, 7) is 3.92. The smallest absolute Gasteiger partial charge is 0.241 e. The van der Waals surface area contributed by atoms with Crippen molar-refractivity contribution in [3.63, 3.8) is 0 Å². The fourth-order valence-electron chi connectivity index (χ4n) is 3.07. The molecule has 0 spiro atoms. The van der Waals surface area contributed by atoms with Gasteiger partial charge < -0.3 is 5.32 Å². The minimum absolute atomic E-state index is 0.0694. The highest BCUT2D eigenvalue weighted by Gasteiger charge is 2.30. The topological polar surface area (TPSA) is 32.3 Å². The Balaban J connectivity index is 1.59. The van der Waals surface area contributed by atoms with Gasteiger partial charge in [0.05, 0.1) is 6.04 Å². The Bertz CT molecular complexity index is 612. The monoisotopic (exact) mass is 294 g/mol. The Morgan fingerprint density at radius 1 is 1.09 bits per heavy atom. The summed E-state index contributed by atoms with van der Waals surface area (Å²) in [5.41, 5.74) is 2.24. The van der Waals surface area contributed by atoms with Gasteiger partial charge in [0.1, 0.15) is 0 Å². The molecule has 0 aromatic heterocycles. The summed E-state index contributed by atoms with van der Waals surface area (Å²) >= 11 is 0. The van der Waals surface area contributed by atoms with Gasteiger partial charge in [0.15, 0.2) is 0 Å². The fraction of sp³-hybridized carbons (Fsp3) is 0.316. The molecule has 3 rings (SSSR count). The Kier molecular flexibility index (Phi) is 4.54. The van der Waals surface area contributed by atoms with Gasteiger partial charge in [0.25, 0.3) is 0 Å². The van der Waals surface area contributed by atoms with Crippen LogP contribution in [0.15, 0.2) is 60.7 Å². The lowest BCUT2D eigenvalue weighted by atomic mass is 9.99. The maximum atomic E-state index is 12.4. The first kappa shape index (κ1) is 14.8. The summed E-state index contributed by atoms with van der Waals surface area (Å²) in [6.07, 6.45) is 1.12. The molecule has 0 unspecified atom stereocenters. The number of benzene rings is 2. The lowest BCUT2D eigenvalue weighted by Crippen LogP contribution is -2.40. The predicted molar refractivity (Wildman–Crippen MR) is 89.9 cm³/mol. The highest BCUT2D eigenvalue weighted by Crippen LogP contribution is 2.28.